The Labute approximate surface area is 91.6 Å². The molecule has 2 aromatic rings. The van der Waals surface area contributed by atoms with Crippen molar-refractivity contribution in [3.05, 3.63) is 12.3 Å². The minimum atomic E-state index is -4.74. The summed E-state index contributed by atoms with van der Waals surface area (Å²) in [5, 5.41) is 1.04. The number of pyridine rings is 1. The second-order valence-corrected chi connectivity index (χ2v) is 4.03. The molecule has 8 heteroatoms. The molecule has 0 saturated heterocycles. The lowest BCUT2D eigenvalue weighted by Gasteiger charge is -2.08. The van der Waals surface area contributed by atoms with Crippen molar-refractivity contribution in [1.29, 1.82) is 0 Å². The van der Waals surface area contributed by atoms with E-state index in [0.29, 0.717) is 20.9 Å². The van der Waals surface area contributed by atoms with Crippen molar-refractivity contribution in [2.75, 3.05) is 11.5 Å². The quantitative estimate of drug-likeness (QED) is 0.813. The normalized spacial score (nSPS) is 11.9. The Morgan fingerprint density at radius 3 is 2.56 bits per heavy atom. The van der Waals surface area contributed by atoms with Gasteiger partial charge in [-0.15, -0.1) is 13.2 Å². The molecule has 0 unspecified atom stereocenters. The maximum Gasteiger partial charge on any atom is 0.573 e. The second-order valence-electron chi connectivity index (χ2n) is 2.95. The van der Waals surface area contributed by atoms with Gasteiger partial charge in [0.25, 0.3) is 0 Å². The van der Waals surface area contributed by atoms with Crippen LogP contribution in [0.5, 0.6) is 5.75 Å². The van der Waals surface area contributed by atoms with Gasteiger partial charge in [-0.05, 0) is 6.07 Å². The van der Waals surface area contributed by atoms with E-state index in [4.69, 9.17) is 11.5 Å². The number of nitrogen functional groups attached to an aromatic ring is 2. The molecule has 16 heavy (non-hydrogen) atoms. The van der Waals surface area contributed by atoms with Gasteiger partial charge in [0.15, 0.2) is 0 Å². The van der Waals surface area contributed by atoms with Gasteiger partial charge >= 0.3 is 6.36 Å². The molecule has 0 bridgehead atoms. The molecule has 2 aromatic heterocycles. The SMILES string of the molecule is Nc1sc(N)c2ncc(OC(F)(F)F)cc12. The van der Waals surface area contributed by atoms with Crippen molar-refractivity contribution < 1.29 is 17.9 Å². The first-order chi connectivity index (χ1) is 7.37. The number of ether oxygens (including phenoxy) is 1. The van der Waals surface area contributed by atoms with Crippen LogP contribution in [0.3, 0.4) is 0 Å². The number of fused-ring (bicyclic) bond motifs is 1. The maximum absolute atomic E-state index is 11.9. The minimum absolute atomic E-state index is 0.313. The highest BCUT2D eigenvalue weighted by Crippen LogP contribution is 2.36. The lowest BCUT2D eigenvalue weighted by molar-refractivity contribution is -0.274. The molecular weight excluding hydrogens is 243 g/mol. The Kier molecular flexibility index (Phi) is 2.30. The van der Waals surface area contributed by atoms with Gasteiger partial charge in [-0.3, -0.25) is 0 Å². The average molecular weight is 249 g/mol. The third-order valence-corrected chi connectivity index (χ3v) is 2.67. The van der Waals surface area contributed by atoms with Gasteiger partial charge in [0, 0.05) is 5.39 Å². The van der Waals surface area contributed by atoms with E-state index in [2.05, 4.69) is 9.72 Å². The van der Waals surface area contributed by atoms with Crippen molar-refractivity contribution in [1.82, 2.24) is 4.98 Å². The van der Waals surface area contributed by atoms with E-state index in [1.54, 1.807) is 0 Å². The summed E-state index contributed by atoms with van der Waals surface area (Å²) in [7, 11) is 0. The molecule has 0 amide bonds. The number of nitrogens with zero attached hydrogens (tertiary/aromatic N) is 1. The zero-order valence-corrected chi connectivity index (χ0v) is 8.52. The average Bonchev–Trinajstić information content (AvgIpc) is 2.40. The number of anilines is 2. The van der Waals surface area contributed by atoms with Crippen LogP contribution < -0.4 is 16.2 Å². The summed E-state index contributed by atoms with van der Waals surface area (Å²) in [4.78, 5) is 3.77. The molecule has 0 aliphatic carbocycles. The van der Waals surface area contributed by atoms with E-state index in [9.17, 15) is 13.2 Å². The molecular formula is C8H6F3N3OS. The summed E-state index contributed by atoms with van der Waals surface area (Å²) in [6, 6.07) is 1.16. The van der Waals surface area contributed by atoms with Crippen LogP contribution in [0.4, 0.5) is 23.2 Å². The number of hydrogen-bond acceptors (Lipinski definition) is 5. The van der Waals surface area contributed by atoms with Gasteiger partial charge in [0.2, 0.25) is 0 Å². The molecule has 4 nitrogen and oxygen atoms in total. The van der Waals surface area contributed by atoms with Gasteiger partial charge < -0.3 is 16.2 Å². The summed E-state index contributed by atoms with van der Waals surface area (Å²) in [6.45, 7) is 0. The molecule has 86 valence electrons. The number of thiophene rings is 1. The fraction of sp³-hybridized carbons (Fsp3) is 0.125. The summed E-state index contributed by atoms with van der Waals surface area (Å²) in [5.41, 5.74) is 11.5. The summed E-state index contributed by atoms with van der Waals surface area (Å²) < 4.78 is 39.6. The van der Waals surface area contributed by atoms with E-state index >= 15 is 0 Å². The molecule has 4 N–H and O–H groups in total. The van der Waals surface area contributed by atoms with Gasteiger partial charge in [-0.1, -0.05) is 11.3 Å². The van der Waals surface area contributed by atoms with Crippen LogP contribution in [-0.2, 0) is 0 Å². The Morgan fingerprint density at radius 2 is 1.94 bits per heavy atom. The molecule has 0 aliphatic heterocycles. The van der Waals surface area contributed by atoms with E-state index in [1.807, 2.05) is 0 Å². The van der Waals surface area contributed by atoms with Crippen molar-refractivity contribution >= 4 is 32.2 Å². The zero-order chi connectivity index (χ0) is 11.9. The van der Waals surface area contributed by atoms with Crippen molar-refractivity contribution in [2.45, 2.75) is 6.36 Å². The first-order valence-electron chi connectivity index (χ1n) is 4.06. The van der Waals surface area contributed by atoms with E-state index in [-0.39, 0.29) is 0 Å². The van der Waals surface area contributed by atoms with Gasteiger partial charge in [0.1, 0.15) is 16.3 Å². The lowest BCUT2D eigenvalue weighted by Crippen LogP contribution is -2.17. The highest BCUT2D eigenvalue weighted by atomic mass is 32.1. The van der Waals surface area contributed by atoms with Crippen LogP contribution in [0.1, 0.15) is 0 Å². The van der Waals surface area contributed by atoms with Crippen LogP contribution in [0, 0.1) is 0 Å². The van der Waals surface area contributed by atoms with Crippen molar-refractivity contribution in [2.24, 2.45) is 0 Å². The molecule has 0 atom stereocenters. The number of alkyl halides is 3. The van der Waals surface area contributed by atoms with Crippen LogP contribution in [0.25, 0.3) is 10.9 Å². The Balaban J connectivity index is 2.48. The van der Waals surface area contributed by atoms with Gasteiger partial charge in [0.05, 0.1) is 11.2 Å². The van der Waals surface area contributed by atoms with Crippen molar-refractivity contribution in [3.8, 4) is 5.75 Å². The maximum atomic E-state index is 11.9. The topological polar surface area (TPSA) is 74.2 Å². The first-order valence-corrected chi connectivity index (χ1v) is 4.88. The predicted octanol–water partition coefficient (Wildman–Crippen LogP) is 2.36. The van der Waals surface area contributed by atoms with Crippen LogP contribution >= 0.6 is 11.3 Å². The molecule has 0 saturated carbocycles. The molecule has 0 fully saturated rings. The summed E-state index contributed by atoms with van der Waals surface area (Å²) in [5.74, 6) is -0.412. The summed E-state index contributed by atoms with van der Waals surface area (Å²) >= 11 is 1.07. The van der Waals surface area contributed by atoms with Crippen LogP contribution in [0.2, 0.25) is 0 Å². The van der Waals surface area contributed by atoms with E-state index in [1.165, 1.54) is 0 Å². The van der Waals surface area contributed by atoms with Crippen LogP contribution in [-0.4, -0.2) is 11.3 Å². The highest BCUT2D eigenvalue weighted by molar-refractivity contribution is 7.21. The molecule has 0 radical (unpaired) electrons. The number of rotatable bonds is 1. The Hall–Kier alpha value is -1.70. The second kappa shape index (κ2) is 3.41. The number of hydrogen-bond donors (Lipinski definition) is 2. The smallest absolute Gasteiger partial charge is 0.404 e. The number of nitrogens with two attached hydrogens (primary N) is 2. The minimum Gasteiger partial charge on any atom is -0.404 e. The predicted molar refractivity (Wildman–Crippen MR) is 55.1 cm³/mol. The Morgan fingerprint density at radius 1 is 1.25 bits per heavy atom. The molecule has 0 spiro atoms. The van der Waals surface area contributed by atoms with Crippen molar-refractivity contribution in [3.63, 3.8) is 0 Å². The van der Waals surface area contributed by atoms with Gasteiger partial charge in [-0.25, -0.2) is 4.98 Å². The molecule has 2 rings (SSSR count). The standard InChI is InChI=1S/C8H6F3N3OS/c9-8(10,11)15-3-1-4-5(14-2-3)7(13)16-6(4)12/h1-2H,12-13H2. The van der Waals surface area contributed by atoms with E-state index in [0.717, 1.165) is 23.6 Å². The summed E-state index contributed by atoms with van der Waals surface area (Å²) in [6.07, 6.45) is -3.79. The van der Waals surface area contributed by atoms with E-state index < -0.39 is 12.1 Å². The number of aromatic nitrogens is 1. The monoisotopic (exact) mass is 249 g/mol. The largest absolute Gasteiger partial charge is 0.573 e. The van der Waals surface area contributed by atoms with Gasteiger partial charge in [-0.2, -0.15) is 0 Å². The molecule has 2 heterocycles. The molecule has 0 aliphatic rings. The zero-order valence-electron chi connectivity index (χ0n) is 7.71. The first kappa shape index (κ1) is 10.8. The highest BCUT2D eigenvalue weighted by Gasteiger charge is 2.31. The fourth-order valence-electron chi connectivity index (χ4n) is 1.24. The Bertz CT molecular complexity index is 537. The van der Waals surface area contributed by atoms with Crippen LogP contribution in [0.15, 0.2) is 12.3 Å². The lowest BCUT2D eigenvalue weighted by atomic mass is 10.3. The number of halogens is 3. The third kappa shape index (κ3) is 1.96. The fourth-order valence-corrected chi connectivity index (χ4v) is 2.00. The third-order valence-electron chi connectivity index (χ3n) is 1.81. The molecule has 0 aromatic carbocycles.